The number of hydrogen-bond donors (Lipinski definition) is 2. The Bertz CT molecular complexity index is 271. The Morgan fingerprint density at radius 3 is 2.36 bits per heavy atom. The molecule has 0 aliphatic rings. The molecule has 4 heteroatoms. The molecule has 0 nitrogen and oxygen atoms in total. The quantitative estimate of drug-likeness (QED) is 0.615. The van der Waals surface area contributed by atoms with Crippen molar-refractivity contribution in [3.63, 3.8) is 0 Å². The van der Waals surface area contributed by atoms with Gasteiger partial charge >= 0.3 is 0 Å². The van der Waals surface area contributed by atoms with Crippen molar-refractivity contribution in [2.45, 2.75) is 16.7 Å². The Kier molecular flexibility index (Phi) is 3.03. The van der Waals surface area contributed by atoms with E-state index < -0.39 is 0 Å². The van der Waals surface area contributed by atoms with Crippen LogP contribution >= 0.6 is 48.5 Å². The lowest BCUT2D eigenvalue weighted by Gasteiger charge is -2.06. The van der Waals surface area contributed by atoms with Crippen molar-refractivity contribution < 1.29 is 0 Å². The molecule has 0 bridgehead atoms. The van der Waals surface area contributed by atoms with Crippen molar-refractivity contribution >= 4 is 48.5 Å². The molecule has 0 atom stereocenters. The first kappa shape index (κ1) is 9.59. The van der Waals surface area contributed by atoms with Crippen molar-refractivity contribution in [3.05, 3.63) is 21.7 Å². The van der Waals surface area contributed by atoms with Crippen LogP contribution in [0.5, 0.6) is 0 Å². The highest BCUT2D eigenvalue weighted by Gasteiger charge is 2.07. The van der Waals surface area contributed by atoms with E-state index in [9.17, 15) is 0 Å². The summed E-state index contributed by atoms with van der Waals surface area (Å²) in [7, 11) is 0. The molecule has 0 saturated carbocycles. The van der Waals surface area contributed by atoms with Crippen LogP contribution in [-0.4, -0.2) is 0 Å². The smallest absolute Gasteiger partial charge is 0.0633 e. The first-order chi connectivity index (χ1) is 5.04. The fourth-order valence-electron chi connectivity index (χ4n) is 0.727. The van der Waals surface area contributed by atoms with Crippen molar-refractivity contribution in [2.75, 3.05) is 0 Å². The maximum atomic E-state index is 5.84. The second kappa shape index (κ2) is 3.48. The number of thiol groups is 2. The summed E-state index contributed by atoms with van der Waals surface area (Å²) in [5.74, 6) is 0. The van der Waals surface area contributed by atoms with E-state index in [0.717, 1.165) is 15.4 Å². The van der Waals surface area contributed by atoms with Gasteiger partial charge in [0.25, 0.3) is 0 Å². The van der Waals surface area contributed by atoms with Gasteiger partial charge in [-0.2, -0.15) is 0 Å². The van der Waals surface area contributed by atoms with Gasteiger partial charge in [-0.1, -0.05) is 23.2 Å². The Labute approximate surface area is 86.7 Å². The fourth-order valence-corrected chi connectivity index (χ4v) is 1.74. The highest BCUT2D eigenvalue weighted by atomic mass is 35.5. The summed E-state index contributed by atoms with van der Waals surface area (Å²) in [5, 5.41) is 1.07. The SMILES string of the molecule is Cc1c(S)c(S)cc(Cl)c1Cl. The van der Waals surface area contributed by atoms with Gasteiger partial charge < -0.3 is 0 Å². The molecule has 60 valence electrons. The van der Waals surface area contributed by atoms with Crippen LogP contribution in [-0.2, 0) is 0 Å². The van der Waals surface area contributed by atoms with Crippen LogP contribution in [0.4, 0.5) is 0 Å². The molecule has 11 heavy (non-hydrogen) atoms. The summed E-state index contributed by atoms with van der Waals surface area (Å²) in [6, 6.07) is 1.68. The fraction of sp³-hybridized carbons (Fsp3) is 0.143. The second-order valence-corrected chi connectivity index (χ2v) is 3.88. The van der Waals surface area contributed by atoms with Gasteiger partial charge in [0.2, 0.25) is 0 Å². The predicted octanol–water partition coefficient (Wildman–Crippen LogP) is 3.88. The average Bonchev–Trinajstić information content (AvgIpc) is 1.97. The van der Waals surface area contributed by atoms with Crippen LogP contribution < -0.4 is 0 Å². The van der Waals surface area contributed by atoms with E-state index in [1.165, 1.54) is 0 Å². The molecule has 1 rings (SSSR count). The highest BCUT2D eigenvalue weighted by Crippen LogP contribution is 2.34. The third-order valence-corrected chi connectivity index (χ3v) is 3.39. The molecule has 0 fully saturated rings. The van der Waals surface area contributed by atoms with E-state index in [4.69, 9.17) is 23.2 Å². The summed E-state index contributed by atoms with van der Waals surface area (Å²) in [4.78, 5) is 1.53. The zero-order chi connectivity index (χ0) is 8.59. The van der Waals surface area contributed by atoms with Gasteiger partial charge in [0.1, 0.15) is 0 Å². The molecule has 0 aliphatic carbocycles. The van der Waals surface area contributed by atoms with Crippen LogP contribution in [0.3, 0.4) is 0 Å². The standard InChI is InChI=1S/C7H6Cl2S2/c1-3-6(9)4(8)2-5(10)7(3)11/h2,10-11H,1H3. The molecular weight excluding hydrogens is 219 g/mol. The molecule has 0 spiro atoms. The monoisotopic (exact) mass is 224 g/mol. The number of benzene rings is 1. The molecule has 0 radical (unpaired) electrons. The summed E-state index contributed by atoms with van der Waals surface area (Å²) < 4.78 is 0. The Morgan fingerprint density at radius 2 is 1.82 bits per heavy atom. The van der Waals surface area contributed by atoms with Gasteiger partial charge in [0.15, 0.2) is 0 Å². The van der Waals surface area contributed by atoms with Gasteiger partial charge in [0.05, 0.1) is 10.0 Å². The van der Waals surface area contributed by atoms with Gasteiger partial charge in [-0.15, -0.1) is 25.3 Å². The van der Waals surface area contributed by atoms with Crippen LogP contribution in [0.15, 0.2) is 15.9 Å². The molecule has 1 aromatic carbocycles. The summed E-state index contributed by atoms with van der Waals surface area (Å²) >= 11 is 20.0. The van der Waals surface area contributed by atoms with E-state index in [1.807, 2.05) is 6.92 Å². The average molecular weight is 225 g/mol. The minimum Gasteiger partial charge on any atom is -0.142 e. The second-order valence-electron chi connectivity index (χ2n) is 2.17. The normalized spacial score (nSPS) is 10.3. The van der Waals surface area contributed by atoms with Crippen molar-refractivity contribution in [1.82, 2.24) is 0 Å². The summed E-state index contributed by atoms with van der Waals surface area (Å²) in [5.41, 5.74) is 0.868. The Balaban J connectivity index is 3.46. The van der Waals surface area contributed by atoms with E-state index >= 15 is 0 Å². The summed E-state index contributed by atoms with van der Waals surface area (Å²) in [6.45, 7) is 1.86. The highest BCUT2D eigenvalue weighted by molar-refractivity contribution is 7.83. The third kappa shape index (κ3) is 1.81. The van der Waals surface area contributed by atoms with Crippen LogP contribution in [0.2, 0.25) is 10.0 Å². The molecular formula is C7H6Cl2S2. The topological polar surface area (TPSA) is 0 Å². The van der Waals surface area contributed by atoms with E-state index in [0.29, 0.717) is 10.0 Å². The summed E-state index contributed by atoms with van der Waals surface area (Å²) in [6.07, 6.45) is 0. The molecule has 0 aliphatic heterocycles. The minimum atomic E-state index is 0.520. The first-order valence-electron chi connectivity index (χ1n) is 2.90. The Hall–Kier alpha value is 0.500. The van der Waals surface area contributed by atoms with E-state index in [1.54, 1.807) is 6.07 Å². The van der Waals surface area contributed by atoms with Gasteiger partial charge in [0, 0.05) is 9.79 Å². The van der Waals surface area contributed by atoms with Crippen LogP contribution in [0, 0.1) is 6.92 Å². The van der Waals surface area contributed by atoms with E-state index in [-0.39, 0.29) is 0 Å². The van der Waals surface area contributed by atoms with Crippen molar-refractivity contribution in [3.8, 4) is 0 Å². The van der Waals surface area contributed by atoms with Crippen molar-refractivity contribution in [2.24, 2.45) is 0 Å². The van der Waals surface area contributed by atoms with Gasteiger partial charge in [-0.05, 0) is 18.6 Å². The molecule has 0 amide bonds. The molecule has 0 aromatic heterocycles. The van der Waals surface area contributed by atoms with E-state index in [2.05, 4.69) is 25.3 Å². The lowest BCUT2D eigenvalue weighted by molar-refractivity contribution is 1.18. The molecule has 0 N–H and O–H groups in total. The molecule has 0 unspecified atom stereocenters. The minimum absolute atomic E-state index is 0.520. The number of hydrogen-bond acceptors (Lipinski definition) is 2. The first-order valence-corrected chi connectivity index (χ1v) is 4.55. The van der Waals surface area contributed by atoms with Crippen molar-refractivity contribution in [1.29, 1.82) is 0 Å². The maximum absolute atomic E-state index is 5.84. The predicted molar refractivity (Wildman–Crippen MR) is 55.7 cm³/mol. The van der Waals surface area contributed by atoms with Gasteiger partial charge in [-0.3, -0.25) is 0 Å². The zero-order valence-electron chi connectivity index (χ0n) is 5.73. The lowest BCUT2D eigenvalue weighted by atomic mass is 10.2. The maximum Gasteiger partial charge on any atom is 0.0633 e. The van der Waals surface area contributed by atoms with Crippen LogP contribution in [0.1, 0.15) is 5.56 Å². The zero-order valence-corrected chi connectivity index (χ0v) is 9.03. The molecule has 1 aromatic rings. The number of rotatable bonds is 0. The third-order valence-electron chi connectivity index (χ3n) is 1.40. The number of halogens is 2. The molecule has 0 saturated heterocycles. The Morgan fingerprint density at radius 1 is 1.27 bits per heavy atom. The van der Waals surface area contributed by atoms with Gasteiger partial charge in [-0.25, -0.2) is 0 Å². The lowest BCUT2D eigenvalue weighted by Crippen LogP contribution is -1.82. The van der Waals surface area contributed by atoms with Crippen LogP contribution in [0.25, 0.3) is 0 Å². The molecule has 0 heterocycles. The largest absolute Gasteiger partial charge is 0.142 e.